The average molecular weight is 530 g/mol. The molecule has 5 rings (SSSR count). The monoisotopic (exact) mass is 529 g/mol. The lowest BCUT2D eigenvalue weighted by Crippen LogP contribution is -2.48. The van der Waals surface area contributed by atoms with Crippen LogP contribution in [0.4, 0.5) is 31.9 Å². The number of fused-ring (bicyclic) bond motifs is 1. The number of carbonyl (C=O) groups is 2. The van der Waals surface area contributed by atoms with Gasteiger partial charge in [0.15, 0.2) is 5.82 Å². The van der Waals surface area contributed by atoms with E-state index < -0.39 is 18.4 Å². The van der Waals surface area contributed by atoms with Crippen LogP contribution in [0.1, 0.15) is 36.0 Å². The minimum atomic E-state index is -3.55. The summed E-state index contributed by atoms with van der Waals surface area (Å²) in [5, 5.41) is 3.11. The quantitative estimate of drug-likeness (QED) is 0.632. The van der Waals surface area contributed by atoms with Gasteiger partial charge in [-0.1, -0.05) is 12.8 Å². The average Bonchev–Trinajstić information content (AvgIpc) is 3.44. The Bertz CT molecular complexity index is 1210. The number of aromatic nitrogens is 2. The number of benzene rings is 1. The summed E-state index contributed by atoms with van der Waals surface area (Å²) in [6.07, 6.45) is 4.77. The first-order chi connectivity index (χ1) is 18.2. The summed E-state index contributed by atoms with van der Waals surface area (Å²) < 4.78 is 35.2. The number of rotatable bonds is 5. The van der Waals surface area contributed by atoms with Crippen molar-refractivity contribution < 1.29 is 23.1 Å². The highest BCUT2D eigenvalue weighted by atomic mass is 19.3. The largest absolute Gasteiger partial charge is 0.495 e. The van der Waals surface area contributed by atoms with E-state index >= 15 is 0 Å². The molecular formula is C26H33F2N7O3. The van der Waals surface area contributed by atoms with E-state index in [0.29, 0.717) is 30.1 Å². The third-order valence-electron chi connectivity index (χ3n) is 7.62. The van der Waals surface area contributed by atoms with Gasteiger partial charge in [-0.2, -0.15) is 13.8 Å². The number of nitrogens with zero attached hydrogens (tertiary/aromatic N) is 6. The number of ether oxygens (including phenoxy) is 1. The van der Waals surface area contributed by atoms with Crippen molar-refractivity contribution in [2.45, 2.75) is 37.6 Å². The number of anilines is 4. The second-order valence-corrected chi connectivity index (χ2v) is 10.2. The molecule has 0 spiro atoms. The number of halogens is 2. The van der Waals surface area contributed by atoms with Crippen LogP contribution in [0.3, 0.4) is 0 Å². The van der Waals surface area contributed by atoms with Crippen molar-refractivity contribution in [2.75, 3.05) is 69.0 Å². The number of likely N-dealkylation sites (N-methyl/N-ethyl adjacent to an activating group) is 1. The van der Waals surface area contributed by atoms with Gasteiger partial charge in [0.25, 0.3) is 11.8 Å². The van der Waals surface area contributed by atoms with Gasteiger partial charge in [-0.3, -0.25) is 9.59 Å². The summed E-state index contributed by atoms with van der Waals surface area (Å²) in [6, 6.07) is 4.97. The SMILES string of the molecule is COc1ccc(C(=O)N2CCN(C)CC2)cc1Nc1ncc2c(n1)N(C1CCCC1)CC(F)(F)C(=O)N2C. The molecule has 1 aromatic heterocycles. The van der Waals surface area contributed by atoms with Gasteiger partial charge in [0.2, 0.25) is 5.95 Å². The minimum Gasteiger partial charge on any atom is -0.495 e. The number of carbonyl (C=O) groups excluding carboxylic acids is 2. The van der Waals surface area contributed by atoms with Crippen LogP contribution in [-0.4, -0.2) is 97.5 Å². The van der Waals surface area contributed by atoms with Gasteiger partial charge < -0.3 is 29.7 Å². The van der Waals surface area contributed by atoms with Crippen LogP contribution < -0.4 is 19.9 Å². The van der Waals surface area contributed by atoms with E-state index in [-0.39, 0.29) is 29.4 Å². The number of alkyl halides is 2. The van der Waals surface area contributed by atoms with Crippen LogP contribution in [0.25, 0.3) is 0 Å². The maximum atomic E-state index is 14.9. The Balaban J connectivity index is 1.47. The molecule has 3 aliphatic rings. The zero-order valence-electron chi connectivity index (χ0n) is 21.9. The Labute approximate surface area is 220 Å². The lowest BCUT2D eigenvalue weighted by atomic mass is 10.1. The lowest BCUT2D eigenvalue weighted by molar-refractivity contribution is -0.140. The summed E-state index contributed by atoms with van der Waals surface area (Å²) in [5.41, 5.74) is 1.20. The fraction of sp³-hybridized carbons (Fsp3) is 0.538. The van der Waals surface area contributed by atoms with Gasteiger partial charge in [-0.25, -0.2) is 4.98 Å². The number of nitrogens with one attached hydrogen (secondary N) is 1. The van der Waals surface area contributed by atoms with Crippen molar-refractivity contribution in [3.63, 3.8) is 0 Å². The molecule has 1 aliphatic carbocycles. The van der Waals surface area contributed by atoms with E-state index in [2.05, 4.69) is 20.2 Å². The van der Waals surface area contributed by atoms with Crippen molar-refractivity contribution in [3.8, 4) is 5.75 Å². The Morgan fingerprint density at radius 1 is 1.13 bits per heavy atom. The standard InChI is InChI=1S/C26H33F2N7O3/c1-32-10-12-34(13-11-32)23(36)17-8-9-21(38-3)19(14-17)30-25-29-15-20-22(31-25)35(18-6-4-5-7-18)16-26(27,28)24(37)33(20)2/h8-9,14-15,18H,4-7,10-13,16H2,1-3H3,(H,29,30,31). The van der Waals surface area contributed by atoms with Crippen LogP contribution in [0.5, 0.6) is 5.75 Å². The Morgan fingerprint density at radius 2 is 1.84 bits per heavy atom. The molecule has 10 nitrogen and oxygen atoms in total. The Kier molecular flexibility index (Phi) is 7.08. The molecule has 1 N–H and O–H groups in total. The van der Waals surface area contributed by atoms with Gasteiger partial charge in [0.1, 0.15) is 11.4 Å². The molecule has 0 bridgehead atoms. The van der Waals surface area contributed by atoms with Crippen molar-refractivity contribution >= 4 is 35.0 Å². The Hall–Kier alpha value is -3.54. The first-order valence-electron chi connectivity index (χ1n) is 12.9. The number of hydrogen-bond donors (Lipinski definition) is 1. The van der Waals surface area contributed by atoms with Crippen molar-refractivity contribution in [2.24, 2.45) is 0 Å². The number of hydrogen-bond acceptors (Lipinski definition) is 8. The van der Waals surface area contributed by atoms with Crippen molar-refractivity contribution in [1.82, 2.24) is 19.8 Å². The Morgan fingerprint density at radius 3 is 2.53 bits per heavy atom. The fourth-order valence-corrected chi connectivity index (χ4v) is 5.36. The number of amides is 2. The molecule has 204 valence electrons. The van der Waals surface area contributed by atoms with Crippen LogP contribution in [-0.2, 0) is 4.79 Å². The molecule has 2 fully saturated rings. The van der Waals surface area contributed by atoms with Crippen molar-refractivity contribution in [3.05, 3.63) is 30.0 Å². The fourth-order valence-electron chi connectivity index (χ4n) is 5.36. The van der Waals surface area contributed by atoms with Crippen LogP contribution in [0.15, 0.2) is 24.4 Å². The summed E-state index contributed by atoms with van der Waals surface area (Å²) in [5.74, 6) is -4.00. The van der Waals surface area contributed by atoms with Crippen molar-refractivity contribution in [1.29, 1.82) is 0 Å². The second kappa shape index (κ2) is 10.3. The highest BCUT2D eigenvalue weighted by Crippen LogP contribution is 2.40. The lowest BCUT2D eigenvalue weighted by Gasteiger charge is -2.32. The third-order valence-corrected chi connectivity index (χ3v) is 7.62. The maximum absolute atomic E-state index is 14.9. The molecule has 1 aromatic carbocycles. The molecule has 38 heavy (non-hydrogen) atoms. The zero-order chi connectivity index (χ0) is 27.0. The molecule has 0 unspecified atom stereocenters. The van der Waals surface area contributed by atoms with Gasteiger partial charge in [0.05, 0.1) is 25.5 Å². The summed E-state index contributed by atoms with van der Waals surface area (Å²) in [4.78, 5) is 41.1. The topological polar surface area (TPSA) is 94.1 Å². The van der Waals surface area contributed by atoms with Crippen LogP contribution in [0.2, 0.25) is 0 Å². The van der Waals surface area contributed by atoms with E-state index in [4.69, 9.17) is 4.74 Å². The first-order valence-corrected chi connectivity index (χ1v) is 12.9. The highest BCUT2D eigenvalue weighted by molar-refractivity contribution is 6.02. The molecule has 2 aliphatic heterocycles. The molecule has 2 amide bonds. The number of piperazine rings is 1. The third kappa shape index (κ3) is 4.96. The second-order valence-electron chi connectivity index (χ2n) is 10.2. The smallest absolute Gasteiger partial charge is 0.342 e. The van der Waals surface area contributed by atoms with Gasteiger partial charge in [-0.05, 0) is 38.1 Å². The van der Waals surface area contributed by atoms with Crippen LogP contribution in [0, 0.1) is 0 Å². The minimum absolute atomic E-state index is 0.0820. The van der Waals surface area contributed by atoms with E-state index in [1.165, 1.54) is 20.4 Å². The van der Waals surface area contributed by atoms with E-state index in [9.17, 15) is 18.4 Å². The molecular weight excluding hydrogens is 496 g/mol. The molecule has 3 heterocycles. The maximum Gasteiger partial charge on any atom is 0.342 e. The van der Waals surface area contributed by atoms with E-state index in [0.717, 1.165) is 43.7 Å². The predicted octanol–water partition coefficient (Wildman–Crippen LogP) is 2.98. The van der Waals surface area contributed by atoms with E-state index in [1.54, 1.807) is 23.1 Å². The number of methoxy groups -OCH3 is 1. The molecule has 0 radical (unpaired) electrons. The molecule has 0 atom stereocenters. The molecule has 1 saturated carbocycles. The van der Waals surface area contributed by atoms with Gasteiger partial charge in [-0.15, -0.1) is 0 Å². The van der Waals surface area contributed by atoms with Gasteiger partial charge >= 0.3 is 5.92 Å². The van der Waals surface area contributed by atoms with Crippen LogP contribution >= 0.6 is 0 Å². The zero-order valence-corrected chi connectivity index (χ0v) is 21.9. The normalized spacial score (nSPS) is 20.3. The predicted molar refractivity (Wildman–Crippen MR) is 140 cm³/mol. The molecule has 1 saturated heterocycles. The highest BCUT2D eigenvalue weighted by Gasteiger charge is 2.48. The van der Waals surface area contributed by atoms with Gasteiger partial charge in [0, 0.05) is 44.8 Å². The summed E-state index contributed by atoms with van der Waals surface area (Å²) in [7, 11) is 4.87. The first kappa shape index (κ1) is 26.1. The summed E-state index contributed by atoms with van der Waals surface area (Å²) in [6.45, 7) is 2.17. The molecule has 12 heteroatoms. The van der Waals surface area contributed by atoms with E-state index in [1.807, 2.05) is 11.9 Å². The molecule has 2 aromatic rings. The summed E-state index contributed by atoms with van der Waals surface area (Å²) >= 11 is 0.